The fraction of sp³-hybridized carbons (Fsp3) is 1.00. The molecule has 2 nitrogen and oxygen atoms in total. The van der Waals surface area contributed by atoms with Crippen molar-refractivity contribution in [3.05, 3.63) is 0 Å². The van der Waals surface area contributed by atoms with Crippen LogP contribution in [0.4, 0.5) is 0 Å². The van der Waals surface area contributed by atoms with Gasteiger partial charge < -0.3 is 5.73 Å². The van der Waals surface area contributed by atoms with Crippen molar-refractivity contribution in [2.24, 2.45) is 11.1 Å². The Kier molecular flexibility index (Phi) is 1.90. The first kappa shape index (κ1) is 7.90. The minimum absolute atomic E-state index is 0.501. The molecule has 0 unspecified atom stereocenters. The molecule has 1 saturated heterocycles. The molecule has 2 N–H and O–H groups in total. The summed E-state index contributed by atoms with van der Waals surface area (Å²) in [7, 11) is 0. The monoisotopic (exact) mass is 172 g/mol. The van der Waals surface area contributed by atoms with Crippen LogP contribution in [0.25, 0.3) is 0 Å². The lowest BCUT2D eigenvalue weighted by Gasteiger charge is -2.50. The lowest BCUT2D eigenvalue weighted by atomic mass is 9.61. The van der Waals surface area contributed by atoms with Crippen molar-refractivity contribution >= 4 is 12.8 Å². The summed E-state index contributed by atoms with van der Waals surface area (Å²) in [5.41, 5.74) is 6.42. The highest BCUT2D eigenvalue weighted by atomic mass is 32.1. The number of piperidine rings is 1. The highest BCUT2D eigenvalue weighted by Gasteiger charge is 2.43. The maximum absolute atomic E-state index is 5.79. The molecule has 0 aromatic heterocycles. The Morgan fingerprint density at radius 2 is 1.82 bits per heavy atom. The Morgan fingerprint density at radius 1 is 1.27 bits per heavy atom. The van der Waals surface area contributed by atoms with E-state index in [0.717, 1.165) is 13.1 Å². The van der Waals surface area contributed by atoms with Crippen LogP contribution in [-0.4, -0.2) is 23.4 Å². The lowest BCUT2D eigenvalue weighted by molar-refractivity contribution is 0.0445. The maximum atomic E-state index is 5.79. The van der Waals surface area contributed by atoms with E-state index in [1.54, 1.807) is 0 Å². The second kappa shape index (κ2) is 2.64. The van der Waals surface area contributed by atoms with Crippen molar-refractivity contribution in [3.8, 4) is 0 Å². The van der Waals surface area contributed by atoms with Crippen molar-refractivity contribution in [3.63, 3.8) is 0 Å². The third-order valence-corrected chi connectivity index (χ3v) is 3.59. The molecule has 0 aromatic carbocycles. The van der Waals surface area contributed by atoms with E-state index in [0.29, 0.717) is 11.5 Å². The summed E-state index contributed by atoms with van der Waals surface area (Å²) in [5, 5.41) is 0. The molecule has 0 atom stereocenters. The van der Waals surface area contributed by atoms with E-state index in [1.807, 2.05) is 0 Å². The highest BCUT2D eigenvalue weighted by molar-refractivity contribution is 7.77. The SMILES string of the molecule is NC1CC2(CCN(S)CC2)C1. The predicted octanol–water partition coefficient (Wildman–Crippen LogP) is 1.03. The molecule has 0 bridgehead atoms. The lowest BCUT2D eigenvalue weighted by Crippen LogP contribution is -2.50. The normalized spacial score (nSPS) is 32.2. The topological polar surface area (TPSA) is 29.3 Å². The Bertz CT molecular complexity index is 144. The molecule has 2 aliphatic rings. The Morgan fingerprint density at radius 3 is 2.27 bits per heavy atom. The third kappa shape index (κ3) is 1.42. The van der Waals surface area contributed by atoms with Crippen LogP contribution in [0.15, 0.2) is 0 Å². The Labute approximate surface area is 73.7 Å². The summed E-state index contributed by atoms with van der Waals surface area (Å²) in [6.07, 6.45) is 5.14. The number of nitrogens with two attached hydrogens (primary N) is 1. The van der Waals surface area contributed by atoms with Crippen LogP contribution >= 0.6 is 12.8 Å². The fourth-order valence-corrected chi connectivity index (χ4v) is 2.63. The van der Waals surface area contributed by atoms with E-state index in [-0.39, 0.29) is 0 Å². The van der Waals surface area contributed by atoms with Gasteiger partial charge in [0.1, 0.15) is 0 Å². The highest BCUT2D eigenvalue weighted by Crippen LogP contribution is 2.48. The first-order valence-corrected chi connectivity index (χ1v) is 4.80. The zero-order valence-corrected chi connectivity index (χ0v) is 7.69. The van der Waals surface area contributed by atoms with E-state index in [1.165, 1.54) is 25.7 Å². The van der Waals surface area contributed by atoms with Crippen LogP contribution in [0.2, 0.25) is 0 Å². The first-order chi connectivity index (χ1) is 5.20. The summed E-state index contributed by atoms with van der Waals surface area (Å²) in [6.45, 7) is 2.30. The standard InChI is InChI=1S/C8H16N2S/c9-7-5-8(6-7)1-3-10(11)4-2-8/h7,11H,1-6,9H2. The molecule has 0 radical (unpaired) electrons. The van der Waals surface area contributed by atoms with Gasteiger partial charge in [-0.3, -0.25) is 4.31 Å². The zero-order chi connectivity index (χ0) is 7.90. The number of thiol groups is 1. The molecule has 1 aliphatic carbocycles. The molecule has 64 valence electrons. The number of rotatable bonds is 0. The van der Waals surface area contributed by atoms with Gasteiger partial charge in [0.15, 0.2) is 0 Å². The summed E-state index contributed by atoms with van der Waals surface area (Å²) in [5.74, 6) is 0. The summed E-state index contributed by atoms with van der Waals surface area (Å²) >= 11 is 4.33. The molecule has 1 saturated carbocycles. The molecule has 2 fully saturated rings. The predicted molar refractivity (Wildman–Crippen MR) is 49.4 cm³/mol. The maximum Gasteiger partial charge on any atom is 0.00923 e. The van der Waals surface area contributed by atoms with Gasteiger partial charge in [0.05, 0.1) is 0 Å². The quantitative estimate of drug-likeness (QED) is 0.535. The van der Waals surface area contributed by atoms with E-state index in [9.17, 15) is 0 Å². The average molecular weight is 172 g/mol. The van der Waals surface area contributed by atoms with Gasteiger partial charge in [-0.25, -0.2) is 0 Å². The van der Waals surface area contributed by atoms with Gasteiger partial charge in [-0.1, -0.05) is 12.8 Å². The van der Waals surface area contributed by atoms with E-state index in [4.69, 9.17) is 5.73 Å². The first-order valence-electron chi connectivity index (χ1n) is 4.40. The zero-order valence-electron chi connectivity index (χ0n) is 6.79. The van der Waals surface area contributed by atoms with Gasteiger partial charge >= 0.3 is 0 Å². The van der Waals surface area contributed by atoms with Crippen molar-refractivity contribution < 1.29 is 0 Å². The van der Waals surface area contributed by atoms with Gasteiger partial charge in [-0.05, 0) is 31.1 Å². The van der Waals surface area contributed by atoms with Crippen LogP contribution in [-0.2, 0) is 0 Å². The van der Waals surface area contributed by atoms with Crippen LogP contribution < -0.4 is 5.73 Å². The van der Waals surface area contributed by atoms with Crippen LogP contribution in [0.3, 0.4) is 0 Å². The van der Waals surface area contributed by atoms with Crippen molar-refractivity contribution in [1.82, 2.24) is 4.31 Å². The molecule has 1 aliphatic heterocycles. The number of nitrogens with zero attached hydrogens (tertiary/aromatic N) is 1. The molecule has 3 heteroatoms. The fourth-order valence-electron chi connectivity index (χ4n) is 2.43. The molecule has 11 heavy (non-hydrogen) atoms. The Balaban J connectivity index is 1.88. The average Bonchev–Trinajstić information content (AvgIpc) is 1.92. The van der Waals surface area contributed by atoms with Crippen LogP contribution in [0.1, 0.15) is 25.7 Å². The molecular weight excluding hydrogens is 156 g/mol. The van der Waals surface area contributed by atoms with E-state index in [2.05, 4.69) is 17.1 Å². The second-order valence-electron chi connectivity index (χ2n) is 4.12. The van der Waals surface area contributed by atoms with Gasteiger partial charge in [0.2, 0.25) is 0 Å². The Hall–Kier alpha value is 0.270. The van der Waals surface area contributed by atoms with Crippen molar-refractivity contribution in [2.75, 3.05) is 13.1 Å². The minimum Gasteiger partial charge on any atom is -0.328 e. The third-order valence-electron chi connectivity index (χ3n) is 3.19. The van der Waals surface area contributed by atoms with Gasteiger partial charge in [-0.2, -0.15) is 0 Å². The molecular formula is C8H16N2S. The molecule has 1 spiro atoms. The van der Waals surface area contributed by atoms with E-state index >= 15 is 0 Å². The van der Waals surface area contributed by atoms with Gasteiger partial charge in [0.25, 0.3) is 0 Å². The largest absolute Gasteiger partial charge is 0.328 e. The van der Waals surface area contributed by atoms with Crippen LogP contribution in [0, 0.1) is 5.41 Å². The summed E-state index contributed by atoms with van der Waals surface area (Å²) in [6, 6.07) is 0.501. The molecule has 0 amide bonds. The summed E-state index contributed by atoms with van der Waals surface area (Å²) < 4.78 is 2.12. The molecule has 0 aromatic rings. The van der Waals surface area contributed by atoms with Crippen LogP contribution in [0.5, 0.6) is 0 Å². The molecule has 1 heterocycles. The van der Waals surface area contributed by atoms with Gasteiger partial charge in [-0.15, -0.1) is 0 Å². The van der Waals surface area contributed by atoms with Crippen molar-refractivity contribution in [2.45, 2.75) is 31.7 Å². The minimum atomic E-state index is 0.501. The molecule has 2 rings (SSSR count). The number of hydrogen-bond donors (Lipinski definition) is 2. The summed E-state index contributed by atoms with van der Waals surface area (Å²) in [4.78, 5) is 0. The number of hydrogen-bond acceptors (Lipinski definition) is 3. The second-order valence-corrected chi connectivity index (χ2v) is 4.69. The van der Waals surface area contributed by atoms with Crippen molar-refractivity contribution in [1.29, 1.82) is 0 Å². The van der Waals surface area contributed by atoms with E-state index < -0.39 is 0 Å². The smallest absolute Gasteiger partial charge is 0.00923 e. The van der Waals surface area contributed by atoms with Gasteiger partial charge in [0, 0.05) is 19.1 Å².